The quantitative estimate of drug-likeness (QED) is 0.759. The summed E-state index contributed by atoms with van der Waals surface area (Å²) in [7, 11) is -3.55. The highest BCUT2D eigenvalue weighted by Gasteiger charge is 2.29. The van der Waals surface area contributed by atoms with Crippen molar-refractivity contribution in [2.24, 2.45) is 0 Å². The van der Waals surface area contributed by atoms with Crippen LogP contribution in [0.25, 0.3) is 0 Å². The molecule has 1 atom stereocenters. The molecule has 18 heavy (non-hydrogen) atoms. The van der Waals surface area contributed by atoms with Gasteiger partial charge in [0.15, 0.2) is 0 Å². The summed E-state index contributed by atoms with van der Waals surface area (Å²) in [6.07, 6.45) is 1.07. The number of benzene rings is 1. The van der Waals surface area contributed by atoms with E-state index in [0.29, 0.717) is 5.69 Å². The first kappa shape index (κ1) is 14.5. The largest absolute Gasteiger partial charge is 0.464 e. The number of carbonyl (C=O) groups excluding carboxylic acids is 1. The second-order valence-electron chi connectivity index (χ2n) is 3.82. The van der Waals surface area contributed by atoms with Crippen LogP contribution in [0.3, 0.4) is 0 Å². The van der Waals surface area contributed by atoms with Crippen LogP contribution in [0.15, 0.2) is 30.3 Å². The standard InChI is InChI=1S/C12H17NO4S/c1-4-17-12(14)10(2)13(18(3,15)16)11-8-6-5-7-9-11/h5-10H,4H2,1-3H3. The van der Waals surface area contributed by atoms with Crippen LogP contribution in [-0.4, -0.2) is 33.3 Å². The van der Waals surface area contributed by atoms with Gasteiger partial charge in [0.25, 0.3) is 0 Å². The Morgan fingerprint density at radius 3 is 2.33 bits per heavy atom. The first-order valence-electron chi connectivity index (χ1n) is 5.59. The Kier molecular flexibility index (Phi) is 4.72. The zero-order valence-electron chi connectivity index (χ0n) is 10.7. The first-order valence-corrected chi connectivity index (χ1v) is 7.44. The molecule has 0 fully saturated rings. The van der Waals surface area contributed by atoms with E-state index >= 15 is 0 Å². The van der Waals surface area contributed by atoms with E-state index < -0.39 is 22.0 Å². The fraction of sp³-hybridized carbons (Fsp3) is 0.417. The fourth-order valence-electron chi connectivity index (χ4n) is 1.64. The number of hydrogen-bond donors (Lipinski definition) is 0. The zero-order chi connectivity index (χ0) is 13.8. The van der Waals surface area contributed by atoms with Crippen molar-refractivity contribution in [3.05, 3.63) is 30.3 Å². The lowest BCUT2D eigenvalue weighted by atomic mass is 10.2. The van der Waals surface area contributed by atoms with Crippen LogP contribution in [0.2, 0.25) is 0 Å². The third-order valence-electron chi connectivity index (χ3n) is 2.35. The van der Waals surface area contributed by atoms with Gasteiger partial charge < -0.3 is 4.74 Å². The van der Waals surface area contributed by atoms with Gasteiger partial charge in [-0.25, -0.2) is 13.2 Å². The molecule has 0 saturated heterocycles. The van der Waals surface area contributed by atoms with Crippen molar-refractivity contribution < 1.29 is 17.9 Å². The molecule has 0 aliphatic heterocycles. The summed E-state index contributed by atoms with van der Waals surface area (Å²) in [6.45, 7) is 3.40. The van der Waals surface area contributed by atoms with Crippen molar-refractivity contribution in [3.8, 4) is 0 Å². The van der Waals surface area contributed by atoms with E-state index in [1.807, 2.05) is 0 Å². The van der Waals surface area contributed by atoms with E-state index in [-0.39, 0.29) is 6.61 Å². The fourth-order valence-corrected chi connectivity index (χ4v) is 2.80. The van der Waals surface area contributed by atoms with Crippen molar-refractivity contribution in [1.29, 1.82) is 0 Å². The third kappa shape index (κ3) is 3.46. The molecule has 0 amide bonds. The summed E-state index contributed by atoms with van der Waals surface area (Å²) in [5, 5.41) is 0. The minimum Gasteiger partial charge on any atom is -0.464 e. The first-order chi connectivity index (χ1) is 8.38. The molecule has 0 bridgehead atoms. The predicted octanol–water partition coefficient (Wildman–Crippen LogP) is 1.40. The summed E-state index contributed by atoms with van der Waals surface area (Å²) in [5.41, 5.74) is 0.445. The van der Waals surface area contributed by atoms with Crippen LogP contribution in [0.5, 0.6) is 0 Å². The number of esters is 1. The lowest BCUT2D eigenvalue weighted by molar-refractivity contribution is -0.144. The van der Waals surface area contributed by atoms with Gasteiger partial charge in [-0.05, 0) is 26.0 Å². The van der Waals surface area contributed by atoms with Crippen molar-refractivity contribution in [2.45, 2.75) is 19.9 Å². The van der Waals surface area contributed by atoms with Gasteiger partial charge in [0.1, 0.15) is 6.04 Å². The monoisotopic (exact) mass is 271 g/mol. The Morgan fingerprint density at radius 2 is 1.89 bits per heavy atom. The molecule has 1 rings (SSSR count). The molecule has 0 aromatic heterocycles. The molecule has 0 aliphatic rings. The molecular weight excluding hydrogens is 254 g/mol. The lowest BCUT2D eigenvalue weighted by Gasteiger charge is -2.27. The molecule has 0 spiro atoms. The van der Waals surface area contributed by atoms with Gasteiger partial charge in [-0.1, -0.05) is 18.2 Å². The maximum Gasteiger partial charge on any atom is 0.329 e. The normalized spacial score (nSPS) is 12.8. The van der Waals surface area contributed by atoms with Gasteiger partial charge in [-0.2, -0.15) is 0 Å². The second kappa shape index (κ2) is 5.86. The Bertz CT molecular complexity index is 498. The topological polar surface area (TPSA) is 63.7 Å². The minimum absolute atomic E-state index is 0.218. The molecule has 6 heteroatoms. The molecular formula is C12H17NO4S. The second-order valence-corrected chi connectivity index (χ2v) is 5.68. The van der Waals surface area contributed by atoms with Crippen molar-refractivity contribution in [2.75, 3.05) is 17.2 Å². The van der Waals surface area contributed by atoms with Gasteiger partial charge in [-0.15, -0.1) is 0 Å². The average Bonchev–Trinajstić information content (AvgIpc) is 2.29. The molecule has 1 aromatic carbocycles. The number of sulfonamides is 1. The van der Waals surface area contributed by atoms with Gasteiger partial charge in [-0.3, -0.25) is 4.31 Å². The van der Waals surface area contributed by atoms with Crippen LogP contribution in [-0.2, 0) is 19.6 Å². The lowest BCUT2D eigenvalue weighted by Crippen LogP contribution is -2.43. The highest BCUT2D eigenvalue weighted by molar-refractivity contribution is 7.92. The van der Waals surface area contributed by atoms with E-state index in [9.17, 15) is 13.2 Å². The number of carbonyl (C=O) groups is 1. The Balaban J connectivity index is 3.12. The number of para-hydroxylation sites is 1. The molecule has 0 aliphatic carbocycles. The SMILES string of the molecule is CCOC(=O)C(C)N(c1ccccc1)S(C)(=O)=O. The van der Waals surface area contributed by atoms with E-state index in [0.717, 1.165) is 10.6 Å². The smallest absolute Gasteiger partial charge is 0.329 e. The zero-order valence-corrected chi connectivity index (χ0v) is 11.5. The van der Waals surface area contributed by atoms with Crippen molar-refractivity contribution in [1.82, 2.24) is 0 Å². The average molecular weight is 271 g/mol. The maximum absolute atomic E-state index is 11.8. The van der Waals surface area contributed by atoms with Crippen LogP contribution in [0.4, 0.5) is 5.69 Å². The molecule has 0 heterocycles. The summed E-state index contributed by atoms with van der Waals surface area (Å²) < 4.78 is 29.5. The van der Waals surface area contributed by atoms with Crippen LogP contribution < -0.4 is 4.31 Å². The molecule has 0 saturated carbocycles. The third-order valence-corrected chi connectivity index (χ3v) is 3.59. The van der Waals surface area contributed by atoms with E-state index in [4.69, 9.17) is 4.74 Å². The highest BCUT2D eigenvalue weighted by Crippen LogP contribution is 2.20. The van der Waals surface area contributed by atoms with Crippen LogP contribution >= 0.6 is 0 Å². The number of rotatable bonds is 5. The Labute approximate surface area is 107 Å². The highest BCUT2D eigenvalue weighted by atomic mass is 32.2. The summed E-state index contributed by atoms with van der Waals surface area (Å²) in [4.78, 5) is 11.7. The number of nitrogens with zero attached hydrogens (tertiary/aromatic N) is 1. The number of anilines is 1. The maximum atomic E-state index is 11.8. The predicted molar refractivity (Wildman–Crippen MR) is 69.9 cm³/mol. The van der Waals surface area contributed by atoms with E-state index in [1.165, 1.54) is 6.92 Å². The molecule has 0 radical (unpaired) electrons. The minimum atomic E-state index is -3.55. The van der Waals surface area contributed by atoms with E-state index in [2.05, 4.69) is 0 Å². The summed E-state index contributed by atoms with van der Waals surface area (Å²) in [5.74, 6) is -0.563. The van der Waals surface area contributed by atoms with Crippen LogP contribution in [0.1, 0.15) is 13.8 Å². The van der Waals surface area contributed by atoms with Gasteiger partial charge >= 0.3 is 5.97 Å². The van der Waals surface area contributed by atoms with Crippen molar-refractivity contribution >= 4 is 21.7 Å². The number of hydrogen-bond acceptors (Lipinski definition) is 4. The molecule has 100 valence electrons. The van der Waals surface area contributed by atoms with Gasteiger partial charge in [0.2, 0.25) is 10.0 Å². The Hall–Kier alpha value is -1.56. The number of ether oxygens (including phenoxy) is 1. The summed E-state index contributed by atoms with van der Waals surface area (Å²) in [6, 6.07) is 7.59. The Morgan fingerprint density at radius 1 is 1.33 bits per heavy atom. The van der Waals surface area contributed by atoms with Gasteiger partial charge in [0.05, 0.1) is 18.6 Å². The van der Waals surface area contributed by atoms with E-state index in [1.54, 1.807) is 37.3 Å². The molecule has 0 N–H and O–H groups in total. The van der Waals surface area contributed by atoms with Crippen molar-refractivity contribution in [3.63, 3.8) is 0 Å². The summed E-state index contributed by atoms with van der Waals surface area (Å²) >= 11 is 0. The molecule has 5 nitrogen and oxygen atoms in total. The molecule has 1 aromatic rings. The van der Waals surface area contributed by atoms with Gasteiger partial charge in [0, 0.05) is 0 Å². The molecule has 1 unspecified atom stereocenters. The van der Waals surface area contributed by atoms with Crippen LogP contribution in [0, 0.1) is 0 Å².